The molecule has 26 heavy (non-hydrogen) atoms. The first-order valence-electron chi connectivity index (χ1n) is 8.51. The molecular weight excluding hydrogens is 337 g/mol. The molecule has 6 heteroatoms. The van der Waals surface area contributed by atoms with E-state index in [1.807, 2.05) is 30.3 Å². The fraction of sp³-hybridized carbons (Fsp3) is 0.350. The minimum atomic E-state index is -0.813. The molecule has 0 aliphatic heterocycles. The molecule has 1 amide bonds. The van der Waals surface area contributed by atoms with E-state index in [9.17, 15) is 14.3 Å². The van der Waals surface area contributed by atoms with Crippen molar-refractivity contribution in [3.8, 4) is 11.5 Å². The van der Waals surface area contributed by atoms with Crippen LogP contribution in [0.2, 0.25) is 0 Å². The molecule has 3 rings (SSSR count). The Kier molecular flexibility index (Phi) is 5.42. The van der Waals surface area contributed by atoms with Gasteiger partial charge in [-0.05, 0) is 43.2 Å². The van der Waals surface area contributed by atoms with Crippen LogP contribution in [0.3, 0.4) is 0 Å². The van der Waals surface area contributed by atoms with E-state index in [2.05, 4.69) is 0 Å². The molecule has 0 spiro atoms. The van der Waals surface area contributed by atoms with E-state index in [1.165, 1.54) is 24.1 Å². The third kappa shape index (κ3) is 3.65. The number of rotatable bonds is 5. The molecule has 1 N–H and O–H groups in total. The number of aliphatic hydroxyl groups is 1. The van der Waals surface area contributed by atoms with Gasteiger partial charge >= 0.3 is 0 Å². The molecule has 0 unspecified atom stereocenters. The van der Waals surface area contributed by atoms with Crippen LogP contribution >= 0.6 is 0 Å². The minimum Gasteiger partial charge on any atom is -0.494 e. The number of methoxy groups -OCH3 is 1. The summed E-state index contributed by atoms with van der Waals surface area (Å²) < 4.78 is 24.6. The average Bonchev–Trinajstić information content (AvgIpc) is 3.01. The highest BCUT2D eigenvalue weighted by Gasteiger charge is 2.40. The van der Waals surface area contributed by atoms with E-state index in [0.717, 1.165) is 6.07 Å². The third-order valence-electron chi connectivity index (χ3n) is 4.77. The Hall–Kier alpha value is -2.60. The summed E-state index contributed by atoms with van der Waals surface area (Å²) in [5.41, 5.74) is 0.213. The molecule has 5 nitrogen and oxygen atoms in total. The Labute approximate surface area is 152 Å². The number of nitrogens with zero attached hydrogens (tertiary/aromatic N) is 1. The predicted molar refractivity (Wildman–Crippen MR) is 94.9 cm³/mol. The Morgan fingerprint density at radius 3 is 2.58 bits per heavy atom. The summed E-state index contributed by atoms with van der Waals surface area (Å²) in [6.07, 6.45) is 0.0482. The number of hydrogen-bond donors (Lipinski definition) is 1. The van der Waals surface area contributed by atoms with E-state index in [0.29, 0.717) is 18.6 Å². The van der Waals surface area contributed by atoms with E-state index >= 15 is 0 Å². The summed E-state index contributed by atoms with van der Waals surface area (Å²) in [4.78, 5) is 14.1. The molecule has 0 aromatic heterocycles. The molecule has 138 valence electrons. The highest BCUT2D eigenvalue weighted by molar-refractivity contribution is 5.94. The lowest BCUT2D eigenvalue weighted by molar-refractivity contribution is 0.0166. The van der Waals surface area contributed by atoms with Gasteiger partial charge < -0.3 is 19.5 Å². The Bertz CT molecular complexity index is 768. The summed E-state index contributed by atoms with van der Waals surface area (Å²) in [6, 6.07) is 13.0. The molecule has 0 radical (unpaired) electrons. The molecular formula is C20H22FNO4. The number of halogens is 1. The number of carbonyl (C=O) groups excluding carboxylic acids is 1. The second kappa shape index (κ2) is 7.74. The maximum Gasteiger partial charge on any atom is 0.254 e. The second-order valence-electron chi connectivity index (χ2n) is 6.37. The summed E-state index contributed by atoms with van der Waals surface area (Å²) in [5.74, 6) is -0.176. The van der Waals surface area contributed by atoms with Crippen LogP contribution in [0.15, 0.2) is 48.5 Å². The number of ether oxygens (including phenoxy) is 2. The Morgan fingerprint density at radius 1 is 1.19 bits per heavy atom. The topological polar surface area (TPSA) is 59.0 Å². The average molecular weight is 359 g/mol. The van der Waals surface area contributed by atoms with Crippen LogP contribution in [-0.2, 0) is 0 Å². The molecule has 0 heterocycles. The van der Waals surface area contributed by atoms with Crippen LogP contribution in [0.4, 0.5) is 4.39 Å². The summed E-state index contributed by atoms with van der Waals surface area (Å²) in [6.45, 7) is 0. The fourth-order valence-electron chi connectivity index (χ4n) is 3.30. The van der Waals surface area contributed by atoms with Gasteiger partial charge in [0.15, 0.2) is 11.6 Å². The number of carbonyl (C=O) groups is 1. The lowest BCUT2D eigenvalue weighted by atomic mass is 10.1. The maximum absolute atomic E-state index is 13.9. The van der Waals surface area contributed by atoms with Gasteiger partial charge in [0.2, 0.25) is 0 Å². The molecule has 3 atom stereocenters. The van der Waals surface area contributed by atoms with E-state index < -0.39 is 11.9 Å². The van der Waals surface area contributed by atoms with Crippen LogP contribution < -0.4 is 9.47 Å². The van der Waals surface area contributed by atoms with Crippen molar-refractivity contribution in [3.05, 3.63) is 59.9 Å². The molecule has 2 aromatic carbocycles. The molecule has 2 aromatic rings. The minimum absolute atomic E-state index is 0.0847. The third-order valence-corrected chi connectivity index (χ3v) is 4.77. The molecule has 0 bridgehead atoms. The van der Waals surface area contributed by atoms with Gasteiger partial charge in [0.25, 0.3) is 5.91 Å². The zero-order valence-corrected chi connectivity index (χ0v) is 14.8. The molecule has 1 saturated carbocycles. The maximum atomic E-state index is 13.9. The first-order chi connectivity index (χ1) is 12.5. The van der Waals surface area contributed by atoms with Crippen LogP contribution in [0, 0.1) is 5.82 Å². The van der Waals surface area contributed by atoms with Gasteiger partial charge in [-0.3, -0.25) is 4.79 Å². The van der Waals surface area contributed by atoms with Crippen molar-refractivity contribution < 1.29 is 23.8 Å². The number of aliphatic hydroxyl groups excluding tert-OH is 1. The molecule has 1 fully saturated rings. The molecule has 0 saturated heterocycles. The number of para-hydroxylation sites is 1. The lowest BCUT2D eigenvalue weighted by Gasteiger charge is -2.29. The van der Waals surface area contributed by atoms with Crippen molar-refractivity contribution in [2.24, 2.45) is 0 Å². The summed E-state index contributed by atoms with van der Waals surface area (Å²) in [7, 11) is 2.98. The zero-order chi connectivity index (χ0) is 18.7. The number of benzene rings is 2. The summed E-state index contributed by atoms with van der Waals surface area (Å²) >= 11 is 0. The Balaban J connectivity index is 1.68. The monoisotopic (exact) mass is 359 g/mol. The highest BCUT2D eigenvalue weighted by atomic mass is 19.1. The number of amides is 1. The van der Waals surface area contributed by atoms with Crippen LogP contribution in [0.1, 0.15) is 23.2 Å². The van der Waals surface area contributed by atoms with Gasteiger partial charge in [0.05, 0.1) is 13.2 Å². The van der Waals surface area contributed by atoms with Crippen LogP contribution in [-0.4, -0.2) is 48.3 Å². The van der Waals surface area contributed by atoms with Gasteiger partial charge in [0, 0.05) is 12.6 Å². The Morgan fingerprint density at radius 2 is 1.92 bits per heavy atom. The number of hydrogen-bond acceptors (Lipinski definition) is 4. The van der Waals surface area contributed by atoms with Gasteiger partial charge in [0.1, 0.15) is 18.0 Å². The first kappa shape index (κ1) is 18.2. The van der Waals surface area contributed by atoms with E-state index in [1.54, 1.807) is 7.05 Å². The largest absolute Gasteiger partial charge is 0.494 e. The standard InChI is InChI=1S/C20H22FNO4/c1-22(20(24)13-8-10-17(25-2)15(21)12-13)16-9-11-18(19(16)23)26-14-6-4-3-5-7-14/h3-8,10,12,16,18-19,23H,9,11H2,1-2H3/t16-,18+,19+/m1/s1. The predicted octanol–water partition coefficient (Wildman–Crippen LogP) is 2.88. The molecule has 1 aliphatic rings. The van der Waals surface area contributed by atoms with Crippen LogP contribution in [0.25, 0.3) is 0 Å². The zero-order valence-electron chi connectivity index (χ0n) is 14.8. The fourth-order valence-corrected chi connectivity index (χ4v) is 3.30. The SMILES string of the molecule is COc1ccc(C(=O)N(C)[C@@H]2CC[C@H](Oc3ccccc3)[C@H]2O)cc1F. The van der Waals surface area contributed by atoms with Crippen molar-refractivity contribution in [1.29, 1.82) is 0 Å². The van der Waals surface area contributed by atoms with Crippen molar-refractivity contribution in [1.82, 2.24) is 4.90 Å². The first-order valence-corrected chi connectivity index (χ1v) is 8.51. The van der Waals surface area contributed by atoms with Gasteiger partial charge in [-0.15, -0.1) is 0 Å². The van der Waals surface area contributed by atoms with Crippen molar-refractivity contribution in [2.45, 2.75) is 31.1 Å². The second-order valence-corrected chi connectivity index (χ2v) is 6.37. The van der Waals surface area contributed by atoms with Crippen LogP contribution in [0.5, 0.6) is 11.5 Å². The smallest absolute Gasteiger partial charge is 0.254 e. The summed E-state index contributed by atoms with van der Waals surface area (Å²) in [5, 5.41) is 10.6. The highest BCUT2D eigenvalue weighted by Crippen LogP contribution is 2.29. The van der Waals surface area contributed by atoms with Gasteiger partial charge in [-0.25, -0.2) is 4.39 Å². The van der Waals surface area contributed by atoms with Gasteiger partial charge in [-0.1, -0.05) is 18.2 Å². The number of likely N-dealkylation sites (N-methyl/N-ethyl adjacent to an activating group) is 1. The normalized spacial score (nSPS) is 22.1. The molecule has 1 aliphatic carbocycles. The van der Waals surface area contributed by atoms with E-state index in [4.69, 9.17) is 9.47 Å². The van der Waals surface area contributed by atoms with Crippen molar-refractivity contribution >= 4 is 5.91 Å². The quantitative estimate of drug-likeness (QED) is 0.892. The van der Waals surface area contributed by atoms with Crippen molar-refractivity contribution in [2.75, 3.05) is 14.2 Å². The lowest BCUT2D eigenvalue weighted by Crippen LogP contribution is -2.45. The van der Waals surface area contributed by atoms with Gasteiger partial charge in [-0.2, -0.15) is 0 Å². The van der Waals surface area contributed by atoms with Crippen molar-refractivity contribution in [3.63, 3.8) is 0 Å². The van der Waals surface area contributed by atoms with E-state index in [-0.39, 0.29) is 29.4 Å².